The van der Waals surface area contributed by atoms with E-state index in [4.69, 9.17) is 5.11 Å². The van der Waals surface area contributed by atoms with Gasteiger partial charge in [0.1, 0.15) is 6.04 Å². The molecular formula is C37H42N4O4. The van der Waals surface area contributed by atoms with Crippen LogP contribution >= 0.6 is 0 Å². The average Bonchev–Trinajstić information content (AvgIpc) is 3.00. The van der Waals surface area contributed by atoms with Crippen LogP contribution in [-0.4, -0.2) is 45.4 Å². The van der Waals surface area contributed by atoms with Crippen molar-refractivity contribution in [1.82, 2.24) is 20.6 Å². The van der Waals surface area contributed by atoms with E-state index in [1.54, 1.807) is 12.1 Å². The van der Waals surface area contributed by atoms with Gasteiger partial charge in [-0.3, -0.25) is 14.4 Å². The molecule has 234 valence electrons. The van der Waals surface area contributed by atoms with E-state index in [1.165, 1.54) is 5.56 Å². The number of carbonyl (C=O) groups excluding carboxylic acids is 2. The van der Waals surface area contributed by atoms with Gasteiger partial charge in [0, 0.05) is 42.0 Å². The van der Waals surface area contributed by atoms with Gasteiger partial charge in [-0.25, -0.2) is 9.97 Å². The Labute approximate surface area is 265 Å². The average molecular weight is 607 g/mol. The molecule has 1 unspecified atom stereocenters. The number of carboxylic acid groups (broad SMARTS) is 1. The zero-order chi connectivity index (χ0) is 32.8. The topological polar surface area (TPSA) is 121 Å². The number of nitrogens with one attached hydrogen (secondary N) is 2. The summed E-state index contributed by atoms with van der Waals surface area (Å²) in [6.45, 7) is 12.8. The highest BCUT2D eigenvalue weighted by Gasteiger charge is 2.23. The molecule has 1 heterocycles. The lowest BCUT2D eigenvalue weighted by atomic mass is 9.86. The molecule has 0 saturated heterocycles. The summed E-state index contributed by atoms with van der Waals surface area (Å²) in [7, 11) is 0. The molecular weight excluding hydrogens is 564 g/mol. The molecule has 8 nitrogen and oxygen atoms in total. The fourth-order valence-electron chi connectivity index (χ4n) is 4.80. The molecule has 45 heavy (non-hydrogen) atoms. The van der Waals surface area contributed by atoms with E-state index in [0.29, 0.717) is 11.4 Å². The fourth-order valence-corrected chi connectivity index (χ4v) is 4.80. The fraction of sp³-hybridized carbons (Fsp3) is 0.324. The summed E-state index contributed by atoms with van der Waals surface area (Å²) in [4.78, 5) is 46.3. The van der Waals surface area contributed by atoms with E-state index in [9.17, 15) is 14.4 Å². The molecule has 0 bridgehead atoms. The van der Waals surface area contributed by atoms with Gasteiger partial charge in [0.05, 0.1) is 6.42 Å². The number of hydrogen-bond donors (Lipinski definition) is 3. The van der Waals surface area contributed by atoms with E-state index in [1.807, 2.05) is 48.8 Å². The predicted octanol–water partition coefficient (Wildman–Crippen LogP) is 6.34. The Morgan fingerprint density at radius 3 is 1.73 bits per heavy atom. The number of nitrogens with zero attached hydrogens (tertiary/aromatic N) is 2. The van der Waals surface area contributed by atoms with Gasteiger partial charge in [-0.05, 0) is 45.2 Å². The largest absolute Gasteiger partial charge is 0.481 e. The molecule has 3 aromatic carbocycles. The Hall–Kier alpha value is -4.85. The second-order valence-corrected chi connectivity index (χ2v) is 13.3. The molecule has 8 heteroatoms. The highest BCUT2D eigenvalue weighted by Crippen LogP contribution is 2.27. The van der Waals surface area contributed by atoms with Crippen LogP contribution in [0.2, 0.25) is 0 Å². The molecule has 0 radical (unpaired) electrons. The van der Waals surface area contributed by atoms with Crippen molar-refractivity contribution in [3.05, 3.63) is 107 Å². The van der Waals surface area contributed by atoms with Crippen LogP contribution in [0, 0.1) is 0 Å². The van der Waals surface area contributed by atoms with Crippen LogP contribution in [0.15, 0.2) is 85.2 Å². The monoisotopic (exact) mass is 606 g/mol. The van der Waals surface area contributed by atoms with E-state index in [0.717, 1.165) is 27.8 Å². The van der Waals surface area contributed by atoms with Gasteiger partial charge in [-0.15, -0.1) is 0 Å². The van der Waals surface area contributed by atoms with Crippen molar-refractivity contribution in [3.63, 3.8) is 0 Å². The summed E-state index contributed by atoms with van der Waals surface area (Å²) in [6.07, 6.45) is 3.62. The molecule has 1 atom stereocenters. The molecule has 3 N–H and O–H groups in total. The minimum Gasteiger partial charge on any atom is -0.481 e. The van der Waals surface area contributed by atoms with Crippen LogP contribution in [0.1, 0.15) is 75.0 Å². The first-order valence-corrected chi connectivity index (χ1v) is 15.1. The van der Waals surface area contributed by atoms with Crippen molar-refractivity contribution in [1.29, 1.82) is 0 Å². The lowest BCUT2D eigenvalue weighted by molar-refractivity contribution is -0.137. The zero-order valence-electron chi connectivity index (χ0n) is 26.8. The zero-order valence-corrected chi connectivity index (χ0v) is 26.8. The number of rotatable bonds is 10. The molecule has 0 aliphatic heterocycles. The van der Waals surface area contributed by atoms with Crippen molar-refractivity contribution in [2.24, 2.45) is 0 Å². The maximum Gasteiger partial charge on any atom is 0.305 e. The molecule has 2 amide bonds. The third-order valence-corrected chi connectivity index (χ3v) is 7.66. The molecule has 0 aliphatic carbocycles. The highest BCUT2D eigenvalue weighted by atomic mass is 16.4. The Kier molecular flexibility index (Phi) is 10.2. The van der Waals surface area contributed by atoms with Crippen LogP contribution in [0.3, 0.4) is 0 Å². The van der Waals surface area contributed by atoms with Gasteiger partial charge in [-0.2, -0.15) is 0 Å². The van der Waals surface area contributed by atoms with Gasteiger partial charge in [-0.1, -0.05) is 102 Å². The standard InChI is InChI=1S/C37H42N4O4/c1-36(2,3)29-15-11-25(12-16-29)28-22-39-33(40-23-28)26-9-7-24(8-10-26)21-31(35(45)38-20-19-32(42)43)41-34(44)27-13-17-30(18-14-27)37(4,5)6/h7-18,22-23,31H,19-21H2,1-6H3,(H,38,45)(H,41,44)(H,42,43). The molecule has 0 saturated carbocycles. The molecule has 0 aliphatic rings. The molecule has 1 aromatic heterocycles. The Morgan fingerprint density at radius 1 is 0.711 bits per heavy atom. The molecule has 0 fully saturated rings. The Morgan fingerprint density at radius 2 is 1.22 bits per heavy atom. The number of aliphatic carboxylic acids is 1. The van der Waals surface area contributed by atoms with E-state index in [-0.39, 0.29) is 36.1 Å². The Bertz CT molecular complexity index is 1620. The lowest BCUT2D eigenvalue weighted by Gasteiger charge is -2.20. The second kappa shape index (κ2) is 13.8. The number of hydrogen-bond acceptors (Lipinski definition) is 5. The number of amides is 2. The predicted molar refractivity (Wildman–Crippen MR) is 177 cm³/mol. The first-order chi connectivity index (χ1) is 21.2. The van der Waals surface area contributed by atoms with Crippen molar-refractivity contribution in [2.45, 2.75) is 71.3 Å². The normalized spacial score (nSPS) is 12.3. The highest BCUT2D eigenvalue weighted by molar-refractivity contribution is 5.97. The maximum absolute atomic E-state index is 13.1. The number of benzene rings is 3. The minimum atomic E-state index is -1.01. The molecule has 0 spiro atoms. The molecule has 4 rings (SSSR count). The van der Waals surface area contributed by atoms with Crippen molar-refractivity contribution in [2.75, 3.05) is 6.54 Å². The van der Waals surface area contributed by atoms with Crippen molar-refractivity contribution < 1.29 is 19.5 Å². The number of carboxylic acids is 1. The SMILES string of the molecule is CC(C)(C)c1ccc(C(=O)NC(Cc2ccc(-c3ncc(-c4ccc(C(C)(C)C)cc4)cn3)cc2)C(=O)NCCC(=O)O)cc1. The van der Waals surface area contributed by atoms with Crippen LogP contribution in [0.25, 0.3) is 22.5 Å². The van der Waals surface area contributed by atoms with Crippen LogP contribution in [-0.2, 0) is 26.8 Å². The van der Waals surface area contributed by atoms with E-state index < -0.39 is 17.9 Å². The van der Waals surface area contributed by atoms with Gasteiger partial charge >= 0.3 is 5.97 Å². The first-order valence-electron chi connectivity index (χ1n) is 15.1. The van der Waals surface area contributed by atoms with Crippen LogP contribution in [0.5, 0.6) is 0 Å². The van der Waals surface area contributed by atoms with Gasteiger partial charge < -0.3 is 15.7 Å². The summed E-state index contributed by atoms with van der Waals surface area (Å²) in [6, 6.07) is 22.4. The summed E-state index contributed by atoms with van der Waals surface area (Å²) >= 11 is 0. The maximum atomic E-state index is 13.1. The summed E-state index contributed by atoms with van der Waals surface area (Å²) in [5, 5.41) is 14.4. The van der Waals surface area contributed by atoms with Crippen molar-refractivity contribution in [3.8, 4) is 22.5 Å². The quantitative estimate of drug-likeness (QED) is 0.194. The van der Waals surface area contributed by atoms with Crippen LogP contribution < -0.4 is 10.6 Å². The summed E-state index contributed by atoms with van der Waals surface area (Å²) < 4.78 is 0. The van der Waals surface area contributed by atoms with Gasteiger partial charge in [0.25, 0.3) is 5.91 Å². The smallest absolute Gasteiger partial charge is 0.305 e. The van der Waals surface area contributed by atoms with Crippen LogP contribution in [0.4, 0.5) is 0 Å². The number of carbonyl (C=O) groups is 3. The van der Waals surface area contributed by atoms with Crippen molar-refractivity contribution >= 4 is 17.8 Å². The Balaban J connectivity index is 1.46. The summed E-state index contributed by atoms with van der Waals surface area (Å²) in [5.74, 6) is -1.27. The molecule has 4 aromatic rings. The minimum absolute atomic E-state index is 0.0339. The van der Waals surface area contributed by atoms with Gasteiger partial charge in [0.15, 0.2) is 5.82 Å². The van der Waals surface area contributed by atoms with E-state index in [2.05, 4.69) is 86.4 Å². The number of aromatic nitrogens is 2. The third-order valence-electron chi connectivity index (χ3n) is 7.66. The van der Waals surface area contributed by atoms with Gasteiger partial charge in [0.2, 0.25) is 5.91 Å². The van der Waals surface area contributed by atoms with E-state index >= 15 is 0 Å². The second-order valence-electron chi connectivity index (χ2n) is 13.3. The summed E-state index contributed by atoms with van der Waals surface area (Å²) in [5.41, 5.74) is 6.43. The first kappa shape index (κ1) is 33.1. The third kappa shape index (κ3) is 9.08. The lowest BCUT2D eigenvalue weighted by Crippen LogP contribution is -2.48.